The molecule has 0 aliphatic carbocycles. The highest BCUT2D eigenvalue weighted by atomic mass is 19.4. The zero-order chi connectivity index (χ0) is 15.3. The summed E-state index contributed by atoms with van der Waals surface area (Å²) in [4.78, 5) is 22.6. The van der Waals surface area contributed by atoms with Gasteiger partial charge in [-0.2, -0.15) is 13.2 Å². The molecule has 1 aromatic carbocycles. The minimum absolute atomic E-state index is 0.123. The average Bonchev–Trinajstić information content (AvgIpc) is 2.42. The Hall–Kier alpha value is -2.05. The smallest absolute Gasteiger partial charge is 0.419 e. The third-order valence-electron chi connectivity index (χ3n) is 2.61. The van der Waals surface area contributed by atoms with Gasteiger partial charge in [0.05, 0.1) is 26.2 Å². The highest BCUT2D eigenvalue weighted by molar-refractivity contribution is 5.97. The van der Waals surface area contributed by atoms with Crippen LogP contribution in [0.25, 0.3) is 0 Å². The fourth-order valence-corrected chi connectivity index (χ4v) is 1.56. The van der Waals surface area contributed by atoms with Gasteiger partial charge < -0.3 is 9.47 Å². The first-order valence-electron chi connectivity index (χ1n) is 5.65. The Morgan fingerprint density at radius 3 is 2.30 bits per heavy atom. The molecule has 0 unspecified atom stereocenters. The molecule has 110 valence electrons. The first kappa shape index (κ1) is 16.0. The van der Waals surface area contributed by atoms with Crippen LogP contribution in [0.2, 0.25) is 0 Å². The van der Waals surface area contributed by atoms with Crippen LogP contribution in [-0.2, 0) is 15.7 Å². The maximum atomic E-state index is 12.8. The molecule has 0 saturated heterocycles. The Bertz CT molecular complexity index is 509. The number of alkyl halides is 3. The summed E-state index contributed by atoms with van der Waals surface area (Å²) < 4.78 is 47.3. The van der Waals surface area contributed by atoms with Crippen molar-refractivity contribution in [2.75, 3.05) is 14.2 Å². The number of methoxy groups -OCH3 is 2. The van der Waals surface area contributed by atoms with Crippen molar-refractivity contribution >= 4 is 11.8 Å². The molecule has 0 atom stereocenters. The Balaban J connectivity index is 2.97. The summed E-state index contributed by atoms with van der Waals surface area (Å²) in [6, 6.07) is 3.03. The van der Waals surface area contributed by atoms with E-state index < -0.39 is 23.5 Å². The molecule has 0 heterocycles. The summed E-state index contributed by atoms with van der Waals surface area (Å²) in [5, 5.41) is 0. The Labute approximate surface area is 113 Å². The summed E-state index contributed by atoms with van der Waals surface area (Å²) in [5.74, 6) is -1.52. The quantitative estimate of drug-likeness (QED) is 0.618. The zero-order valence-corrected chi connectivity index (χ0v) is 10.9. The van der Waals surface area contributed by atoms with Gasteiger partial charge in [0.2, 0.25) is 0 Å². The molecule has 0 saturated carbocycles. The van der Waals surface area contributed by atoms with Gasteiger partial charge in [0, 0.05) is 12.0 Å². The van der Waals surface area contributed by atoms with E-state index in [2.05, 4.69) is 9.47 Å². The van der Waals surface area contributed by atoms with E-state index in [1.807, 2.05) is 0 Å². The first-order valence-corrected chi connectivity index (χ1v) is 5.65. The van der Waals surface area contributed by atoms with E-state index in [1.165, 1.54) is 13.2 Å². The van der Waals surface area contributed by atoms with Gasteiger partial charge in [-0.05, 0) is 18.2 Å². The number of rotatable bonds is 5. The average molecular weight is 290 g/mol. The summed E-state index contributed by atoms with van der Waals surface area (Å²) in [5.41, 5.74) is -1.15. The Kier molecular flexibility index (Phi) is 5.12. The molecular formula is C13H13F3O4. The lowest BCUT2D eigenvalue weighted by Crippen LogP contribution is -2.11. The van der Waals surface area contributed by atoms with Crippen molar-refractivity contribution in [2.45, 2.75) is 19.0 Å². The number of Topliss-reactive ketones (excluding diaryl/α,β-unsaturated/α-hetero) is 1. The molecule has 0 bridgehead atoms. The number of benzene rings is 1. The molecule has 0 spiro atoms. The number of ketones is 1. The van der Waals surface area contributed by atoms with Gasteiger partial charge in [-0.25, -0.2) is 0 Å². The second-order valence-corrected chi connectivity index (χ2v) is 3.91. The number of hydrogen-bond donors (Lipinski definition) is 0. The van der Waals surface area contributed by atoms with Gasteiger partial charge in [-0.15, -0.1) is 0 Å². The third-order valence-corrected chi connectivity index (χ3v) is 2.61. The lowest BCUT2D eigenvalue weighted by Gasteiger charge is -2.13. The standard InChI is InChI=1S/C13H13F3O4/c1-19-11-5-3-8(7-9(11)13(14,15)16)10(17)4-6-12(18)20-2/h3,5,7H,4,6H2,1-2H3. The maximum Gasteiger partial charge on any atom is 0.419 e. The van der Waals surface area contributed by atoms with Crippen LogP contribution < -0.4 is 4.74 Å². The predicted octanol–water partition coefficient (Wildman–Crippen LogP) is 2.85. The molecule has 0 N–H and O–H groups in total. The monoisotopic (exact) mass is 290 g/mol. The van der Waals surface area contributed by atoms with E-state index in [1.54, 1.807) is 0 Å². The van der Waals surface area contributed by atoms with Crippen LogP contribution in [0.3, 0.4) is 0 Å². The van der Waals surface area contributed by atoms with Gasteiger partial charge in [0.1, 0.15) is 5.75 Å². The van der Waals surface area contributed by atoms with Crippen LogP contribution in [0, 0.1) is 0 Å². The zero-order valence-electron chi connectivity index (χ0n) is 10.9. The summed E-state index contributed by atoms with van der Waals surface area (Å²) in [6.07, 6.45) is -5.01. The highest BCUT2D eigenvalue weighted by Gasteiger charge is 2.35. The van der Waals surface area contributed by atoms with Crippen molar-refractivity contribution in [1.82, 2.24) is 0 Å². The molecule has 0 radical (unpaired) electrons. The second kappa shape index (κ2) is 6.40. The number of halogens is 3. The fourth-order valence-electron chi connectivity index (χ4n) is 1.56. The minimum Gasteiger partial charge on any atom is -0.496 e. The van der Waals surface area contributed by atoms with Crippen LogP contribution in [0.1, 0.15) is 28.8 Å². The van der Waals surface area contributed by atoms with Crippen LogP contribution in [-0.4, -0.2) is 26.0 Å². The number of hydrogen-bond acceptors (Lipinski definition) is 4. The topological polar surface area (TPSA) is 52.6 Å². The number of esters is 1. The van der Waals surface area contributed by atoms with Crippen LogP contribution in [0.5, 0.6) is 5.75 Å². The highest BCUT2D eigenvalue weighted by Crippen LogP contribution is 2.36. The molecule has 0 aliphatic rings. The lowest BCUT2D eigenvalue weighted by atomic mass is 10.0. The van der Waals surface area contributed by atoms with Gasteiger partial charge in [-0.3, -0.25) is 9.59 Å². The molecule has 0 aromatic heterocycles. The van der Waals surface area contributed by atoms with Gasteiger partial charge in [-0.1, -0.05) is 0 Å². The fraction of sp³-hybridized carbons (Fsp3) is 0.385. The molecule has 0 fully saturated rings. The van der Waals surface area contributed by atoms with E-state index >= 15 is 0 Å². The molecule has 0 amide bonds. The van der Waals surface area contributed by atoms with Crippen molar-refractivity contribution in [1.29, 1.82) is 0 Å². The minimum atomic E-state index is -4.62. The Morgan fingerprint density at radius 1 is 1.15 bits per heavy atom. The third kappa shape index (κ3) is 3.97. The molecule has 20 heavy (non-hydrogen) atoms. The van der Waals surface area contributed by atoms with Crippen LogP contribution in [0.4, 0.5) is 13.2 Å². The number of ether oxygens (including phenoxy) is 2. The number of carbonyl (C=O) groups excluding carboxylic acids is 2. The van der Waals surface area contributed by atoms with E-state index in [0.29, 0.717) is 0 Å². The summed E-state index contributed by atoms with van der Waals surface area (Å²) in [7, 11) is 2.28. The lowest BCUT2D eigenvalue weighted by molar-refractivity contribution is -0.141. The largest absolute Gasteiger partial charge is 0.496 e. The SMILES string of the molecule is COC(=O)CCC(=O)c1ccc(OC)c(C(F)(F)F)c1. The maximum absolute atomic E-state index is 12.8. The molecular weight excluding hydrogens is 277 g/mol. The van der Waals surface area contributed by atoms with Crippen molar-refractivity contribution in [3.63, 3.8) is 0 Å². The molecule has 1 rings (SSSR count). The van der Waals surface area contributed by atoms with Crippen molar-refractivity contribution < 1.29 is 32.2 Å². The molecule has 4 nitrogen and oxygen atoms in total. The summed E-state index contributed by atoms with van der Waals surface area (Å²) in [6.45, 7) is 0. The van der Waals surface area contributed by atoms with Crippen LogP contribution in [0.15, 0.2) is 18.2 Å². The van der Waals surface area contributed by atoms with Crippen LogP contribution >= 0.6 is 0 Å². The van der Waals surface area contributed by atoms with Gasteiger partial charge >= 0.3 is 12.1 Å². The first-order chi connectivity index (χ1) is 9.29. The molecule has 7 heteroatoms. The predicted molar refractivity (Wildman–Crippen MR) is 63.6 cm³/mol. The van der Waals surface area contributed by atoms with Gasteiger partial charge in [0.25, 0.3) is 0 Å². The van der Waals surface area contributed by atoms with E-state index in [4.69, 9.17) is 0 Å². The van der Waals surface area contributed by atoms with Crippen molar-refractivity contribution in [3.05, 3.63) is 29.3 Å². The summed E-state index contributed by atoms with van der Waals surface area (Å²) >= 11 is 0. The Morgan fingerprint density at radius 2 is 1.80 bits per heavy atom. The van der Waals surface area contributed by atoms with E-state index in [0.717, 1.165) is 19.2 Å². The van der Waals surface area contributed by atoms with Crippen molar-refractivity contribution in [3.8, 4) is 5.75 Å². The normalized spacial score (nSPS) is 11.1. The molecule has 1 aromatic rings. The van der Waals surface area contributed by atoms with E-state index in [-0.39, 0.29) is 24.2 Å². The number of carbonyl (C=O) groups is 2. The van der Waals surface area contributed by atoms with Gasteiger partial charge in [0.15, 0.2) is 5.78 Å². The van der Waals surface area contributed by atoms with E-state index in [9.17, 15) is 22.8 Å². The van der Waals surface area contributed by atoms with Crippen molar-refractivity contribution in [2.24, 2.45) is 0 Å². The second-order valence-electron chi connectivity index (χ2n) is 3.91. The molecule has 0 aliphatic heterocycles.